The molecule has 21 heavy (non-hydrogen) atoms. The number of piperazine rings is 1. The number of amides is 3. The zero-order valence-corrected chi connectivity index (χ0v) is 13.0. The van der Waals surface area contributed by atoms with E-state index in [0.29, 0.717) is 38.8 Å². The lowest BCUT2D eigenvalue weighted by Crippen LogP contribution is -2.55. The Balaban J connectivity index is 1.75. The number of rotatable bonds is 3. The van der Waals surface area contributed by atoms with Gasteiger partial charge < -0.3 is 20.9 Å². The minimum atomic E-state index is -0.132. The van der Waals surface area contributed by atoms with Gasteiger partial charge in [0.2, 0.25) is 5.91 Å². The van der Waals surface area contributed by atoms with E-state index in [9.17, 15) is 9.59 Å². The third-order valence-corrected chi connectivity index (χ3v) is 4.59. The molecule has 120 valence electrons. The fourth-order valence-corrected chi connectivity index (χ4v) is 3.06. The number of hydrogen-bond acceptors (Lipinski definition) is 3. The largest absolute Gasteiger partial charge is 0.339 e. The van der Waals surface area contributed by atoms with Gasteiger partial charge >= 0.3 is 6.03 Å². The van der Waals surface area contributed by atoms with E-state index in [0.717, 1.165) is 12.8 Å². The topological polar surface area (TPSA) is 78.7 Å². The Kier molecular flexibility index (Phi) is 5.85. The second-order valence-electron chi connectivity index (χ2n) is 6.23. The highest BCUT2D eigenvalue weighted by molar-refractivity contribution is 5.79. The van der Waals surface area contributed by atoms with E-state index in [4.69, 9.17) is 5.73 Å². The molecule has 1 saturated heterocycles. The summed E-state index contributed by atoms with van der Waals surface area (Å²) in [6.45, 7) is 4.68. The summed E-state index contributed by atoms with van der Waals surface area (Å²) in [7, 11) is 0. The third kappa shape index (κ3) is 4.33. The van der Waals surface area contributed by atoms with Crippen molar-refractivity contribution in [2.24, 2.45) is 11.7 Å². The molecule has 0 radical (unpaired) electrons. The van der Waals surface area contributed by atoms with Crippen molar-refractivity contribution in [2.75, 3.05) is 32.7 Å². The maximum Gasteiger partial charge on any atom is 0.317 e. The molecule has 2 rings (SSSR count). The second-order valence-corrected chi connectivity index (χ2v) is 6.23. The monoisotopic (exact) mass is 296 g/mol. The standard InChI is InChI=1S/C15H28N4O2/c1-12(11-16)14(20)18-7-9-19(10-8-18)15(21)17-13-5-3-2-4-6-13/h12-13H,2-11,16H2,1H3,(H,17,21). The molecule has 0 bridgehead atoms. The summed E-state index contributed by atoms with van der Waals surface area (Å²) in [4.78, 5) is 27.9. The normalized spacial score (nSPS) is 22.0. The van der Waals surface area contributed by atoms with Crippen LogP contribution in [0.1, 0.15) is 39.0 Å². The molecule has 0 aromatic rings. The van der Waals surface area contributed by atoms with Gasteiger partial charge in [0.25, 0.3) is 0 Å². The number of urea groups is 1. The lowest BCUT2D eigenvalue weighted by atomic mass is 9.96. The molecule has 2 fully saturated rings. The van der Waals surface area contributed by atoms with Gasteiger partial charge in [-0.3, -0.25) is 4.79 Å². The zero-order chi connectivity index (χ0) is 15.2. The molecular weight excluding hydrogens is 268 g/mol. The number of nitrogens with two attached hydrogens (primary N) is 1. The van der Waals surface area contributed by atoms with E-state index in [2.05, 4.69) is 5.32 Å². The average Bonchev–Trinajstić information content (AvgIpc) is 2.54. The lowest BCUT2D eigenvalue weighted by molar-refractivity contribution is -0.136. The van der Waals surface area contributed by atoms with Crippen molar-refractivity contribution >= 4 is 11.9 Å². The molecular formula is C15H28N4O2. The Morgan fingerprint density at radius 2 is 1.67 bits per heavy atom. The van der Waals surface area contributed by atoms with Gasteiger partial charge in [-0.25, -0.2) is 4.79 Å². The summed E-state index contributed by atoms with van der Waals surface area (Å²) in [6, 6.07) is 0.365. The van der Waals surface area contributed by atoms with Gasteiger partial charge in [-0.1, -0.05) is 26.2 Å². The lowest BCUT2D eigenvalue weighted by Gasteiger charge is -2.36. The molecule has 6 nitrogen and oxygen atoms in total. The van der Waals surface area contributed by atoms with Gasteiger partial charge in [0, 0.05) is 44.7 Å². The highest BCUT2D eigenvalue weighted by Crippen LogP contribution is 2.17. The Morgan fingerprint density at radius 3 is 2.24 bits per heavy atom. The van der Waals surface area contributed by atoms with Crippen LogP contribution in [0.3, 0.4) is 0 Å². The molecule has 1 aliphatic carbocycles. The van der Waals surface area contributed by atoms with Crippen LogP contribution in [0.5, 0.6) is 0 Å². The SMILES string of the molecule is CC(CN)C(=O)N1CCN(C(=O)NC2CCCCC2)CC1. The summed E-state index contributed by atoms with van der Waals surface area (Å²) >= 11 is 0. The van der Waals surface area contributed by atoms with Crippen molar-refractivity contribution in [1.29, 1.82) is 0 Å². The van der Waals surface area contributed by atoms with E-state index < -0.39 is 0 Å². The van der Waals surface area contributed by atoms with Crippen LogP contribution in [0.4, 0.5) is 4.79 Å². The Morgan fingerprint density at radius 1 is 1.10 bits per heavy atom. The molecule has 0 aromatic carbocycles. The summed E-state index contributed by atoms with van der Waals surface area (Å²) in [5, 5.41) is 3.13. The molecule has 6 heteroatoms. The van der Waals surface area contributed by atoms with Crippen molar-refractivity contribution in [3.8, 4) is 0 Å². The molecule has 3 amide bonds. The van der Waals surface area contributed by atoms with Crippen LogP contribution in [0.15, 0.2) is 0 Å². The molecule has 2 aliphatic rings. The number of nitrogens with zero attached hydrogens (tertiary/aromatic N) is 2. The predicted octanol–water partition coefficient (Wildman–Crippen LogP) is 0.768. The van der Waals surface area contributed by atoms with Crippen LogP contribution < -0.4 is 11.1 Å². The van der Waals surface area contributed by atoms with Crippen LogP contribution >= 0.6 is 0 Å². The van der Waals surface area contributed by atoms with Crippen molar-refractivity contribution in [3.63, 3.8) is 0 Å². The minimum Gasteiger partial charge on any atom is -0.339 e. The van der Waals surface area contributed by atoms with E-state index >= 15 is 0 Å². The van der Waals surface area contributed by atoms with Gasteiger partial charge in [-0.15, -0.1) is 0 Å². The van der Waals surface area contributed by atoms with Gasteiger partial charge in [-0.2, -0.15) is 0 Å². The first-order valence-corrected chi connectivity index (χ1v) is 8.16. The minimum absolute atomic E-state index is 0.0286. The van der Waals surface area contributed by atoms with Crippen LogP contribution in [0.2, 0.25) is 0 Å². The maximum absolute atomic E-state index is 12.2. The molecule has 1 aliphatic heterocycles. The van der Waals surface area contributed by atoms with Crippen LogP contribution in [0.25, 0.3) is 0 Å². The molecule has 1 heterocycles. The summed E-state index contributed by atoms with van der Waals surface area (Å²) in [5.41, 5.74) is 5.54. The molecule has 1 atom stereocenters. The zero-order valence-electron chi connectivity index (χ0n) is 13.0. The first-order valence-electron chi connectivity index (χ1n) is 8.16. The first kappa shape index (κ1) is 16.1. The van der Waals surface area contributed by atoms with Gasteiger partial charge in [0.1, 0.15) is 0 Å². The van der Waals surface area contributed by atoms with E-state index in [1.165, 1.54) is 19.3 Å². The van der Waals surface area contributed by atoms with E-state index in [-0.39, 0.29) is 17.9 Å². The number of hydrogen-bond donors (Lipinski definition) is 2. The van der Waals surface area contributed by atoms with Crippen molar-refractivity contribution < 1.29 is 9.59 Å². The average molecular weight is 296 g/mol. The fourth-order valence-electron chi connectivity index (χ4n) is 3.06. The quantitative estimate of drug-likeness (QED) is 0.807. The first-order chi connectivity index (χ1) is 10.1. The smallest absolute Gasteiger partial charge is 0.317 e. The van der Waals surface area contributed by atoms with Crippen LogP contribution in [-0.2, 0) is 4.79 Å². The van der Waals surface area contributed by atoms with Gasteiger partial charge in [-0.05, 0) is 12.8 Å². The summed E-state index contributed by atoms with van der Waals surface area (Å²) < 4.78 is 0. The number of nitrogens with one attached hydrogen (secondary N) is 1. The van der Waals surface area contributed by atoms with E-state index in [1.54, 1.807) is 0 Å². The number of carbonyl (C=O) groups excluding carboxylic acids is 2. The van der Waals surface area contributed by atoms with E-state index in [1.807, 2.05) is 16.7 Å². The van der Waals surface area contributed by atoms with Gasteiger partial charge in [0.15, 0.2) is 0 Å². The molecule has 0 spiro atoms. The van der Waals surface area contributed by atoms with Crippen LogP contribution in [0, 0.1) is 5.92 Å². The molecule has 1 saturated carbocycles. The van der Waals surface area contributed by atoms with Gasteiger partial charge in [0.05, 0.1) is 0 Å². The fraction of sp³-hybridized carbons (Fsp3) is 0.867. The molecule has 0 aromatic heterocycles. The summed E-state index contributed by atoms with van der Waals surface area (Å²) in [5.74, 6) is -0.0301. The Labute approximate surface area is 127 Å². The van der Waals surface area contributed by atoms with Crippen molar-refractivity contribution in [2.45, 2.75) is 45.1 Å². The third-order valence-electron chi connectivity index (χ3n) is 4.59. The predicted molar refractivity (Wildman–Crippen MR) is 81.8 cm³/mol. The Bertz CT molecular complexity index is 361. The highest BCUT2D eigenvalue weighted by Gasteiger charge is 2.27. The maximum atomic E-state index is 12.2. The second kappa shape index (κ2) is 7.64. The van der Waals surface area contributed by atoms with Crippen LogP contribution in [-0.4, -0.2) is 60.5 Å². The molecule has 3 N–H and O–H groups in total. The number of carbonyl (C=O) groups is 2. The molecule has 1 unspecified atom stereocenters. The van der Waals surface area contributed by atoms with Crippen molar-refractivity contribution in [3.05, 3.63) is 0 Å². The Hall–Kier alpha value is -1.30. The summed E-state index contributed by atoms with van der Waals surface area (Å²) in [6.07, 6.45) is 5.90. The van der Waals surface area contributed by atoms with Crippen molar-refractivity contribution in [1.82, 2.24) is 15.1 Å². The highest BCUT2D eigenvalue weighted by atomic mass is 16.2.